The molecule has 0 bridgehead atoms. The van der Waals surface area contributed by atoms with Crippen molar-refractivity contribution in [3.8, 4) is 0 Å². The van der Waals surface area contributed by atoms with Crippen LogP contribution in [0.15, 0.2) is 35.2 Å². The van der Waals surface area contributed by atoms with Crippen LogP contribution < -0.4 is 0 Å². The third-order valence-electron chi connectivity index (χ3n) is 2.86. The first-order valence-electron chi connectivity index (χ1n) is 6.35. The van der Waals surface area contributed by atoms with E-state index in [1.165, 1.54) is 0 Å². The summed E-state index contributed by atoms with van der Waals surface area (Å²) in [6.07, 6.45) is -1.93. The Balaban J connectivity index is 2.06. The Labute approximate surface area is 150 Å². The number of benzene rings is 2. The van der Waals surface area contributed by atoms with Crippen LogP contribution in [0.5, 0.6) is 0 Å². The van der Waals surface area contributed by atoms with Crippen molar-refractivity contribution in [2.75, 3.05) is 6.61 Å². The first-order valence-corrected chi connectivity index (χ1v) is 10.6. The molecule has 2 aromatic carbocycles. The minimum absolute atomic E-state index is 0.0325. The van der Waals surface area contributed by atoms with Gasteiger partial charge < -0.3 is 0 Å². The van der Waals surface area contributed by atoms with Crippen LogP contribution in [-0.2, 0) is 16.3 Å². The van der Waals surface area contributed by atoms with E-state index in [2.05, 4.69) is 12.6 Å². The Kier molecular flexibility index (Phi) is 7.00. The van der Waals surface area contributed by atoms with Gasteiger partial charge in [-0.05, 0) is 5.56 Å². The fraction of sp³-hybridized carbons (Fsp3) is 0.143. The van der Waals surface area contributed by atoms with Crippen LogP contribution in [-0.4, -0.2) is 6.61 Å². The van der Waals surface area contributed by atoms with Crippen LogP contribution in [0.1, 0.15) is 10.8 Å². The fourth-order valence-electron chi connectivity index (χ4n) is 1.67. The molecule has 2 atom stereocenters. The van der Waals surface area contributed by atoms with Crippen molar-refractivity contribution in [3.63, 3.8) is 0 Å². The summed E-state index contributed by atoms with van der Waals surface area (Å²) in [4.78, 5) is -1.04. The van der Waals surface area contributed by atoms with E-state index in [1.807, 2.05) is 18.2 Å². The molecule has 1 unspecified atom stereocenters. The predicted molar refractivity (Wildman–Crippen MR) is 90.5 cm³/mol. The highest BCUT2D eigenvalue weighted by atomic mass is 32.9. The molecule has 0 radical (unpaired) electrons. The van der Waals surface area contributed by atoms with Gasteiger partial charge in [0.25, 0.3) is 0 Å². The second-order valence-corrected chi connectivity index (χ2v) is 9.59. The first kappa shape index (κ1) is 19.6. The molecule has 0 fully saturated rings. The third-order valence-corrected chi connectivity index (χ3v) is 6.65. The molecule has 2 aromatic rings. The van der Waals surface area contributed by atoms with E-state index < -0.39 is 40.1 Å². The van der Waals surface area contributed by atoms with Crippen LogP contribution in [0, 0.1) is 29.1 Å². The number of rotatable bonds is 6. The van der Waals surface area contributed by atoms with Gasteiger partial charge >= 0.3 is 6.13 Å². The minimum atomic E-state index is -2.21. The molecule has 0 saturated carbocycles. The molecule has 0 aromatic heterocycles. The van der Waals surface area contributed by atoms with E-state index >= 15 is 0 Å². The minimum Gasteiger partial charge on any atom is -0.202 e. The van der Waals surface area contributed by atoms with Crippen LogP contribution in [0.3, 0.4) is 0 Å². The SMILES string of the molecule is Fc1c(F)c(F)c(S[P+](=S)OC[C@H](S)c2ccccc2)c(F)c1F. The summed E-state index contributed by atoms with van der Waals surface area (Å²) in [5.41, 5.74) is 0.848. The van der Waals surface area contributed by atoms with Gasteiger partial charge in [-0.15, -0.1) is 0 Å². The van der Waals surface area contributed by atoms with Gasteiger partial charge in [0.15, 0.2) is 34.7 Å². The van der Waals surface area contributed by atoms with Crippen LogP contribution in [0.4, 0.5) is 22.0 Å². The predicted octanol–water partition coefficient (Wildman–Crippen LogP) is 5.94. The molecule has 0 aliphatic carbocycles. The van der Waals surface area contributed by atoms with Crippen molar-refractivity contribution in [1.82, 2.24) is 0 Å². The maximum atomic E-state index is 13.6. The second kappa shape index (κ2) is 8.58. The van der Waals surface area contributed by atoms with Crippen molar-refractivity contribution in [1.29, 1.82) is 0 Å². The summed E-state index contributed by atoms with van der Waals surface area (Å²) >= 11 is 9.54. The summed E-state index contributed by atoms with van der Waals surface area (Å²) in [5.74, 6) is -10.0. The summed E-state index contributed by atoms with van der Waals surface area (Å²) in [5, 5.41) is -0.337. The zero-order chi connectivity index (χ0) is 17.9. The topological polar surface area (TPSA) is 9.23 Å². The summed E-state index contributed by atoms with van der Waals surface area (Å²) in [6, 6.07) is 9.05. The van der Waals surface area contributed by atoms with Gasteiger partial charge in [-0.1, -0.05) is 30.3 Å². The lowest BCUT2D eigenvalue weighted by molar-refractivity contribution is 0.360. The molecule has 0 aliphatic rings. The highest BCUT2D eigenvalue weighted by molar-refractivity contribution is 8.62. The van der Waals surface area contributed by atoms with E-state index in [0.717, 1.165) is 5.56 Å². The Morgan fingerprint density at radius 2 is 1.46 bits per heavy atom. The molecule has 24 heavy (non-hydrogen) atoms. The van der Waals surface area contributed by atoms with E-state index in [9.17, 15) is 22.0 Å². The van der Waals surface area contributed by atoms with Crippen molar-refractivity contribution in [3.05, 3.63) is 65.0 Å². The first-order chi connectivity index (χ1) is 11.3. The second-order valence-electron chi connectivity index (χ2n) is 4.44. The molecule has 0 heterocycles. The highest BCUT2D eigenvalue weighted by Gasteiger charge is 2.32. The molecular weight excluding hydrogens is 406 g/mol. The van der Waals surface area contributed by atoms with Gasteiger partial charge in [-0.2, -0.15) is 17.2 Å². The quantitative estimate of drug-likeness (QED) is 0.206. The zero-order valence-electron chi connectivity index (χ0n) is 11.7. The van der Waals surface area contributed by atoms with Crippen molar-refractivity contribution in [2.45, 2.75) is 10.1 Å². The molecule has 0 aliphatic heterocycles. The van der Waals surface area contributed by atoms with Gasteiger partial charge in [0.2, 0.25) is 17.6 Å². The van der Waals surface area contributed by atoms with E-state index in [0.29, 0.717) is 11.4 Å². The largest absolute Gasteiger partial charge is 0.419 e. The average Bonchev–Trinajstić information content (AvgIpc) is 2.60. The van der Waals surface area contributed by atoms with Crippen molar-refractivity contribution >= 4 is 41.9 Å². The normalized spacial score (nSPS) is 13.0. The summed E-state index contributed by atoms with van der Waals surface area (Å²) in [6.45, 7) is 0.0325. The van der Waals surface area contributed by atoms with E-state index in [-0.39, 0.29) is 11.9 Å². The lowest BCUT2D eigenvalue weighted by atomic mass is 10.2. The van der Waals surface area contributed by atoms with Crippen molar-refractivity contribution < 1.29 is 26.5 Å². The number of halogens is 5. The van der Waals surface area contributed by atoms with Crippen molar-refractivity contribution in [2.24, 2.45) is 0 Å². The van der Waals surface area contributed by atoms with Gasteiger partial charge in [-0.3, -0.25) is 0 Å². The van der Waals surface area contributed by atoms with E-state index in [4.69, 9.17) is 16.3 Å². The Morgan fingerprint density at radius 3 is 2.00 bits per heavy atom. The highest BCUT2D eigenvalue weighted by Crippen LogP contribution is 2.48. The molecule has 128 valence electrons. The third kappa shape index (κ3) is 4.46. The number of thiol groups is 1. The summed E-state index contributed by atoms with van der Waals surface area (Å²) < 4.78 is 71.7. The molecule has 0 saturated heterocycles. The van der Waals surface area contributed by atoms with Gasteiger partial charge in [0.05, 0.1) is 5.25 Å². The van der Waals surface area contributed by atoms with Crippen LogP contribution in [0.2, 0.25) is 0 Å². The molecular formula is C14H9F5OPS3+. The smallest absolute Gasteiger partial charge is 0.202 e. The van der Waals surface area contributed by atoms with Crippen LogP contribution >= 0.6 is 30.1 Å². The Bertz CT molecular complexity index is 731. The fourth-order valence-corrected chi connectivity index (χ4v) is 4.97. The standard InChI is InChI=1S/C14H8F5OPS3/c15-9-10(16)12(18)14(13(19)11(9)17)24-21(23)20-6-8(22)7-4-2-1-3-5-7/h1-5,8H,6H2/p+1/t8-/m0/s1. The summed E-state index contributed by atoms with van der Waals surface area (Å²) in [7, 11) is 0. The number of hydrogen-bond acceptors (Lipinski definition) is 4. The monoisotopic (exact) mass is 415 g/mol. The molecule has 10 heteroatoms. The zero-order valence-corrected chi connectivity index (χ0v) is 15.1. The molecule has 0 spiro atoms. The van der Waals surface area contributed by atoms with E-state index in [1.54, 1.807) is 12.1 Å². The maximum Gasteiger partial charge on any atom is 0.419 e. The Hall–Kier alpha value is -0.730. The molecule has 0 amide bonds. The maximum absolute atomic E-state index is 13.6. The molecule has 0 N–H and O–H groups in total. The average molecular weight is 415 g/mol. The lowest BCUT2D eigenvalue weighted by Gasteiger charge is -2.07. The van der Waals surface area contributed by atoms with Crippen LogP contribution in [0.25, 0.3) is 0 Å². The molecule has 1 nitrogen and oxygen atoms in total. The van der Waals surface area contributed by atoms with Gasteiger partial charge in [-0.25, -0.2) is 22.0 Å². The lowest BCUT2D eigenvalue weighted by Crippen LogP contribution is -2.03. The number of hydrogen-bond donors (Lipinski definition) is 1. The van der Waals surface area contributed by atoms with Gasteiger partial charge in [0, 0.05) is 0 Å². The molecule has 2 rings (SSSR count). The van der Waals surface area contributed by atoms with Gasteiger partial charge in [0.1, 0.15) is 11.5 Å². The Morgan fingerprint density at radius 1 is 0.958 bits per heavy atom.